The molecule has 3 atom stereocenters. The SMILES string of the molecule is CC(CCN)CCc1nc(C2CC3CCC(C2)N3C)no1. The average Bonchev–Trinajstić information content (AvgIpc) is 2.99. The van der Waals surface area contributed by atoms with Gasteiger partial charge in [0.1, 0.15) is 0 Å². The number of nitrogens with two attached hydrogens (primary N) is 1. The van der Waals surface area contributed by atoms with E-state index in [2.05, 4.69) is 29.0 Å². The second kappa shape index (κ2) is 6.44. The summed E-state index contributed by atoms with van der Waals surface area (Å²) in [7, 11) is 2.26. The van der Waals surface area contributed by atoms with Crippen molar-refractivity contribution in [3.8, 4) is 0 Å². The van der Waals surface area contributed by atoms with Crippen LogP contribution < -0.4 is 5.73 Å². The molecule has 1 aromatic heterocycles. The van der Waals surface area contributed by atoms with Gasteiger partial charge >= 0.3 is 0 Å². The summed E-state index contributed by atoms with van der Waals surface area (Å²) < 4.78 is 5.46. The number of aryl methyl sites for hydroxylation is 1. The minimum atomic E-state index is 0.498. The highest BCUT2D eigenvalue weighted by molar-refractivity contribution is 5.05. The molecule has 0 aliphatic carbocycles. The predicted molar refractivity (Wildman–Crippen MR) is 82.0 cm³/mol. The Morgan fingerprint density at radius 3 is 2.67 bits per heavy atom. The molecule has 2 bridgehead atoms. The predicted octanol–water partition coefficient (Wildman–Crippen LogP) is 2.33. The quantitative estimate of drug-likeness (QED) is 0.871. The van der Waals surface area contributed by atoms with Crippen LogP contribution in [0, 0.1) is 5.92 Å². The lowest BCUT2D eigenvalue weighted by Crippen LogP contribution is -2.39. The first-order valence-electron chi connectivity index (χ1n) is 8.41. The summed E-state index contributed by atoms with van der Waals surface area (Å²) in [4.78, 5) is 7.21. The summed E-state index contributed by atoms with van der Waals surface area (Å²) in [5.74, 6) is 2.88. The van der Waals surface area contributed by atoms with Crippen molar-refractivity contribution in [2.24, 2.45) is 11.7 Å². The van der Waals surface area contributed by atoms with Crippen molar-refractivity contribution < 1.29 is 4.52 Å². The van der Waals surface area contributed by atoms with E-state index in [1.54, 1.807) is 0 Å². The number of hydrogen-bond acceptors (Lipinski definition) is 5. The molecule has 3 rings (SSSR count). The molecule has 2 saturated heterocycles. The molecule has 2 aliphatic heterocycles. The molecule has 3 heterocycles. The maximum Gasteiger partial charge on any atom is 0.226 e. The molecular formula is C16H28N4O. The molecule has 3 unspecified atom stereocenters. The molecule has 5 heteroatoms. The van der Waals surface area contributed by atoms with Crippen LogP contribution in [-0.2, 0) is 6.42 Å². The minimum Gasteiger partial charge on any atom is -0.339 e. The Hall–Kier alpha value is -0.940. The molecule has 0 radical (unpaired) electrons. The molecule has 2 aliphatic rings. The van der Waals surface area contributed by atoms with Gasteiger partial charge in [-0.15, -0.1) is 0 Å². The van der Waals surface area contributed by atoms with Crippen LogP contribution in [0.5, 0.6) is 0 Å². The lowest BCUT2D eigenvalue weighted by atomic mass is 9.90. The van der Waals surface area contributed by atoms with Crippen LogP contribution in [0.4, 0.5) is 0 Å². The molecule has 0 amide bonds. The van der Waals surface area contributed by atoms with Crippen molar-refractivity contribution in [2.75, 3.05) is 13.6 Å². The molecule has 21 heavy (non-hydrogen) atoms. The zero-order chi connectivity index (χ0) is 14.8. The molecule has 118 valence electrons. The van der Waals surface area contributed by atoms with E-state index in [0.29, 0.717) is 11.8 Å². The summed E-state index contributed by atoms with van der Waals surface area (Å²) in [6.45, 7) is 2.99. The summed E-state index contributed by atoms with van der Waals surface area (Å²) in [6, 6.07) is 1.44. The van der Waals surface area contributed by atoms with Crippen molar-refractivity contribution in [1.29, 1.82) is 0 Å². The standard InChI is InChI=1S/C16H28N4O/c1-11(7-8-17)3-6-15-18-16(19-21-15)12-9-13-4-5-14(10-12)20(13)2/h11-14H,3-10,17H2,1-2H3. The van der Waals surface area contributed by atoms with Crippen molar-refractivity contribution in [3.05, 3.63) is 11.7 Å². The molecule has 5 nitrogen and oxygen atoms in total. The first kappa shape index (κ1) is 15.0. The molecule has 0 aromatic carbocycles. The maximum absolute atomic E-state index is 5.59. The van der Waals surface area contributed by atoms with Gasteiger partial charge < -0.3 is 15.2 Å². The molecule has 2 fully saturated rings. The summed E-state index contributed by atoms with van der Waals surface area (Å²) >= 11 is 0. The van der Waals surface area contributed by atoms with E-state index in [0.717, 1.165) is 49.6 Å². The number of hydrogen-bond donors (Lipinski definition) is 1. The van der Waals surface area contributed by atoms with Gasteiger partial charge in [0.15, 0.2) is 5.82 Å². The van der Waals surface area contributed by atoms with Gasteiger partial charge in [-0.2, -0.15) is 4.98 Å². The molecular weight excluding hydrogens is 264 g/mol. The highest BCUT2D eigenvalue weighted by Crippen LogP contribution is 2.41. The van der Waals surface area contributed by atoms with E-state index in [4.69, 9.17) is 10.3 Å². The third-order valence-corrected chi connectivity index (χ3v) is 5.46. The minimum absolute atomic E-state index is 0.498. The van der Waals surface area contributed by atoms with Crippen LogP contribution >= 0.6 is 0 Å². The van der Waals surface area contributed by atoms with Gasteiger partial charge in [-0.3, -0.25) is 0 Å². The number of aromatic nitrogens is 2. The third kappa shape index (κ3) is 3.29. The van der Waals surface area contributed by atoms with Gasteiger partial charge in [-0.1, -0.05) is 12.1 Å². The monoisotopic (exact) mass is 292 g/mol. The zero-order valence-electron chi connectivity index (χ0n) is 13.3. The van der Waals surface area contributed by atoms with Crippen molar-refractivity contribution in [3.63, 3.8) is 0 Å². The molecule has 0 saturated carbocycles. The number of rotatable bonds is 6. The second-order valence-corrected chi connectivity index (χ2v) is 6.99. The Bertz CT molecular complexity index is 447. The first-order chi connectivity index (χ1) is 10.2. The van der Waals surface area contributed by atoms with Crippen LogP contribution in [0.15, 0.2) is 4.52 Å². The van der Waals surface area contributed by atoms with Crippen LogP contribution in [0.2, 0.25) is 0 Å². The highest BCUT2D eigenvalue weighted by atomic mass is 16.5. The smallest absolute Gasteiger partial charge is 0.226 e. The summed E-state index contributed by atoms with van der Waals surface area (Å²) in [5, 5.41) is 4.26. The van der Waals surface area contributed by atoms with E-state index in [-0.39, 0.29) is 0 Å². The average molecular weight is 292 g/mol. The second-order valence-electron chi connectivity index (χ2n) is 6.99. The maximum atomic E-state index is 5.59. The molecule has 2 N–H and O–H groups in total. The fourth-order valence-electron chi connectivity index (χ4n) is 3.96. The van der Waals surface area contributed by atoms with Crippen molar-refractivity contribution in [2.45, 2.75) is 69.9 Å². The lowest BCUT2D eigenvalue weighted by Gasteiger charge is -2.34. The van der Waals surface area contributed by atoms with Crippen molar-refractivity contribution in [1.82, 2.24) is 15.0 Å². The van der Waals surface area contributed by atoms with Gasteiger partial charge in [0, 0.05) is 24.4 Å². The highest BCUT2D eigenvalue weighted by Gasteiger charge is 2.40. The first-order valence-corrected chi connectivity index (χ1v) is 8.41. The van der Waals surface area contributed by atoms with Gasteiger partial charge in [0.05, 0.1) is 0 Å². The van der Waals surface area contributed by atoms with Gasteiger partial charge in [0.25, 0.3) is 0 Å². The molecule has 0 spiro atoms. The Morgan fingerprint density at radius 2 is 2.00 bits per heavy atom. The normalized spacial score (nSPS) is 30.7. The van der Waals surface area contributed by atoms with E-state index in [1.165, 1.54) is 25.7 Å². The van der Waals surface area contributed by atoms with E-state index < -0.39 is 0 Å². The van der Waals surface area contributed by atoms with Gasteiger partial charge in [-0.05, 0) is 58.0 Å². The Balaban J connectivity index is 1.56. The van der Waals surface area contributed by atoms with E-state index in [1.807, 2.05) is 0 Å². The van der Waals surface area contributed by atoms with E-state index >= 15 is 0 Å². The van der Waals surface area contributed by atoms with Crippen molar-refractivity contribution >= 4 is 0 Å². The summed E-state index contributed by atoms with van der Waals surface area (Å²) in [5.41, 5.74) is 5.59. The van der Waals surface area contributed by atoms with E-state index in [9.17, 15) is 0 Å². The fourth-order valence-corrected chi connectivity index (χ4v) is 3.96. The lowest BCUT2D eigenvalue weighted by molar-refractivity contribution is 0.157. The fraction of sp³-hybridized carbons (Fsp3) is 0.875. The summed E-state index contributed by atoms with van der Waals surface area (Å²) in [6.07, 6.45) is 8.08. The Morgan fingerprint density at radius 1 is 1.29 bits per heavy atom. The van der Waals surface area contributed by atoms with Crippen LogP contribution in [0.25, 0.3) is 0 Å². The number of nitrogens with zero attached hydrogens (tertiary/aromatic N) is 3. The Kier molecular flexibility index (Phi) is 4.60. The number of piperidine rings is 1. The van der Waals surface area contributed by atoms with Gasteiger partial charge in [-0.25, -0.2) is 0 Å². The third-order valence-electron chi connectivity index (χ3n) is 5.46. The largest absolute Gasteiger partial charge is 0.339 e. The van der Waals surface area contributed by atoms with Crippen LogP contribution in [0.1, 0.15) is 63.1 Å². The van der Waals surface area contributed by atoms with Crippen LogP contribution in [0.3, 0.4) is 0 Å². The van der Waals surface area contributed by atoms with Gasteiger partial charge in [0.2, 0.25) is 5.89 Å². The molecule has 1 aromatic rings. The topological polar surface area (TPSA) is 68.2 Å². The van der Waals surface area contributed by atoms with Crippen LogP contribution in [-0.4, -0.2) is 40.7 Å². The number of fused-ring (bicyclic) bond motifs is 2. The zero-order valence-corrected chi connectivity index (χ0v) is 13.3. The Labute approximate surface area is 127 Å².